The maximum atomic E-state index is 12.1. The zero-order chi connectivity index (χ0) is 11.9. The fourth-order valence-electron chi connectivity index (χ4n) is 2.03. The minimum Gasteiger partial charge on any atom is -0.347 e. The molecule has 2 rings (SSSR count). The third-order valence-electron chi connectivity index (χ3n) is 3.01. The average molecular weight is 280 g/mol. The minimum atomic E-state index is -0.142. The maximum absolute atomic E-state index is 12.1. The fourth-order valence-corrected chi connectivity index (χ4v) is 2.26. The van der Waals surface area contributed by atoms with Gasteiger partial charge in [-0.2, -0.15) is 0 Å². The normalized spacial score (nSPS) is 13.0. The van der Waals surface area contributed by atoms with Crippen molar-refractivity contribution in [1.82, 2.24) is 4.57 Å². The minimum absolute atomic E-state index is 0.142. The van der Waals surface area contributed by atoms with Crippen LogP contribution in [0.2, 0.25) is 0 Å². The zero-order valence-corrected chi connectivity index (χ0v) is 11.2. The van der Waals surface area contributed by atoms with Gasteiger partial charge in [0.25, 0.3) is 0 Å². The molecule has 0 saturated heterocycles. The van der Waals surface area contributed by atoms with Gasteiger partial charge in [-0.15, -0.1) is 0 Å². The Morgan fingerprint density at radius 3 is 2.62 bits per heavy atom. The molecule has 16 heavy (non-hydrogen) atoms. The third kappa shape index (κ3) is 1.59. The van der Waals surface area contributed by atoms with E-state index in [0.717, 1.165) is 22.2 Å². The number of nitrogens with zero attached hydrogens (tertiary/aromatic N) is 1. The number of Topliss-reactive ketones (excluding diaryl/α,β-unsaturated/α-hetero) is 1. The van der Waals surface area contributed by atoms with Crippen LogP contribution in [0.3, 0.4) is 0 Å². The molecule has 1 aromatic carbocycles. The van der Waals surface area contributed by atoms with Crippen molar-refractivity contribution >= 4 is 32.6 Å². The Morgan fingerprint density at radius 1 is 1.38 bits per heavy atom. The highest BCUT2D eigenvalue weighted by atomic mass is 79.9. The first-order valence-electron chi connectivity index (χ1n) is 5.26. The number of benzene rings is 1. The number of aryl methyl sites for hydroxylation is 1. The number of fused-ring (bicyclic) bond motifs is 1. The summed E-state index contributed by atoms with van der Waals surface area (Å²) in [5.41, 5.74) is 2.97. The number of hydrogen-bond donors (Lipinski definition) is 0. The molecule has 3 heteroatoms. The Labute approximate surface area is 103 Å². The molecule has 0 aliphatic carbocycles. The van der Waals surface area contributed by atoms with E-state index in [1.54, 1.807) is 0 Å². The van der Waals surface area contributed by atoms with Gasteiger partial charge in [0.2, 0.25) is 0 Å². The number of alkyl halides is 1. The molecule has 1 aromatic heterocycles. The lowest BCUT2D eigenvalue weighted by Gasteiger charge is -2.03. The van der Waals surface area contributed by atoms with Gasteiger partial charge in [-0.1, -0.05) is 34.1 Å². The van der Waals surface area contributed by atoms with Crippen LogP contribution >= 0.6 is 15.9 Å². The summed E-state index contributed by atoms with van der Waals surface area (Å²) in [6.07, 6.45) is 0. The van der Waals surface area contributed by atoms with Gasteiger partial charge in [0.1, 0.15) is 0 Å². The number of hydrogen-bond acceptors (Lipinski definition) is 1. The number of ketones is 1. The van der Waals surface area contributed by atoms with E-state index in [9.17, 15) is 4.79 Å². The summed E-state index contributed by atoms with van der Waals surface area (Å²) < 4.78 is 2.07. The summed E-state index contributed by atoms with van der Waals surface area (Å²) in [5.74, 6) is 0.148. The second-order valence-electron chi connectivity index (χ2n) is 4.02. The Hall–Kier alpha value is -1.09. The molecule has 0 unspecified atom stereocenters. The number of rotatable bonds is 2. The largest absolute Gasteiger partial charge is 0.347 e. The number of carbonyl (C=O) groups excluding carboxylic acids is 1. The first-order valence-corrected chi connectivity index (χ1v) is 6.18. The van der Waals surface area contributed by atoms with Crippen LogP contribution in [0.15, 0.2) is 24.3 Å². The molecule has 0 radical (unpaired) electrons. The van der Waals surface area contributed by atoms with Crippen molar-refractivity contribution < 1.29 is 4.79 Å². The van der Waals surface area contributed by atoms with Crippen molar-refractivity contribution in [2.24, 2.45) is 7.05 Å². The molecule has 0 amide bonds. The van der Waals surface area contributed by atoms with Crippen molar-refractivity contribution in [3.05, 3.63) is 35.5 Å². The summed E-state index contributed by atoms with van der Waals surface area (Å²) in [4.78, 5) is 12.0. The number of para-hydroxylation sites is 1. The molecule has 0 fully saturated rings. The van der Waals surface area contributed by atoms with Crippen molar-refractivity contribution in [2.75, 3.05) is 0 Å². The van der Waals surface area contributed by atoms with Gasteiger partial charge in [0.05, 0.1) is 4.83 Å². The first-order chi connectivity index (χ1) is 7.54. The number of halogens is 1. The topological polar surface area (TPSA) is 22.0 Å². The molecule has 0 spiro atoms. The van der Waals surface area contributed by atoms with Gasteiger partial charge in [-0.05, 0) is 19.9 Å². The molecule has 0 bridgehead atoms. The van der Waals surface area contributed by atoms with Crippen molar-refractivity contribution in [3.8, 4) is 0 Å². The van der Waals surface area contributed by atoms with Crippen molar-refractivity contribution in [1.29, 1.82) is 0 Å². The first kappa shape index (κ1) is 11.4. The lowest BCUT2D eigenvalue weighted by molar-refractivity contribution is 0.0996. The Bertz CT molecular complexity index is 554. The Kier molecular flexibility index (Phi) is 2.89. The van der Waals surface area contributed by atoms with Crippen molar-refractivity contribution in [3.63, 3.8) is 0 Å². The zero-order valence-electron chi connectivity index (χ0n) is 9.62. The van der Waals surface area contributed by atoms with E-state index in [1.807, 2.05) is 45.2 Å². The lowest BCUT2D eigenvalue weighted by atomic mass is 10.1. The van der Waals surface area contributed by atoms with Gasteiger partial charge < -0.3 is 4.57 Å². The van der Waals surface area contributed by atoms with E-state index < -0.39 is 0 Å². The monoisotopic (exact) mass is 279 g/mol. The molecular formula is C13H14BrNO. The Morgan fingerprint density at radius 2 is 2.00 bits per heavy atom. The average Bonchev–Trinajstić information content (AvgIpc) is 2.52. The van der Waals surface area contributed by atoms with E-state index in [0.29, 0.717) is 0 Å². The van der Waals surface area contributed by atoms with Crippen molar-refractivity contribution in [2.45, 2.75) is 18.7 Å². The molecule has 0 N–H and O–H groups in total. The molecule has 1 atom stereocenters. The van der Waals surface area contributed by atoms with Gasteiger partial charge in [-0.3, -0.25) is 4.79 Å². The molecule has 2 nitrogen and oxygen atoms in total. The van der Waals surface area contributed by atoms with E-state index >= 15 is 0 Å². The molecule has 84 valence electrons. The highest BCUT2D eigenvalue weighted by Crippen LogP contribution is 2.26. The second kappa shape index (κ2) is 4.06. The molecular weight excluding hydrogens is 266 g/mol. The lowest BCUT2D eigenvalue weighted by Crippen LogP contribution is -2.11. The summed E-state index contributed by atoms with van der Waals surface area (Å²) >= 11 is 3.35. The quantitative estimate of drug-likeness (QED) is 0.610. The van der Waals surface area contributed by atoms with E-state index in [1.165, 1.54) is 0 Å². The number of aromatic nitrogens is 1. The van der Waals surface area contributed by atoms with Crippen LogP contribution in [0, 0.1) is 6.92 Å². The Balaban J connectivity index is 2.79. The standard InChI is InChI=1S/C13H14BrNO/c1-8(14)13(16)12-9(2)15(3)11-7-5-4-6-10(11)12/h4-8H,1-3H3/t8-/m1/s1. The van der Waals surface area contributed by atoms with Crippen LogP contribution in [0.4, 0.5) is 0 Å². The van der Waals surface area contributed by atoms with Gasteiger partial charge in [0, 0.05) is 29.2 Å². The smallest absolute Gasteiger partial charge is 0.178 e. The van der Waals surface area contributed by atoms with Crippen LogP contribution < -0.4 is 0 Å². The highest BCUT2D eigenvalue weighted by Gasteiger charge is 2.20. The summed E-state index contributed by atoms with van der Waals surface area (Å²) in [7, 11) is 1.99. The summed E-state index contributed by atoms with van der Waals surface area (Å²) in [6, 6.07) is 8.01. The SMILES string of the molecule is Cc1c(C(=O)[C@@H](C)Br)c2ccccc2n1C. The van der Waals surface area contributed by atoms with E-state index in [-0.39, 0.29) is 10.6 Å². The van der Waals surface area contributed by atoms with Crippen LogP contribution in [-0.2, 0) is 7.05 Å². The molecule has 0 aliphatic rings. The highest BCUT2D eigenvalue weighted by molar-refractivity contribution is 9.10. The van der Waals surface area contributed by atoms with Crippen LogP contribution in [0.25, 0.3) is 10.9 Å². The van der Waals surface area contributed by atoms with Gasteiger partial charge >= 0.3 is 0 Å². The molecule has 2 aromatic rings. The maximum Gasteiger partial charge on any atom is 0.178 e. The summed E-state index contributed by atoms with van der Waals surface area (Å²) in [6.45, 7) is 3.85. The number of carbonyl (C=O) groups is 1. The molecule has 0 saturated carbocycles. The molecule has 1 heterocycles. The van der Waals surface area contributed by atoms with E-state index in [4.69, 9.17) is 0 Å². The summed E-state index contributed by atoms with van der Waals surface area (Å²) in [5, 5.41) is 1.04. The van der Waals surface area contributed by atoms with E-state index in [2.05, 4.69) is 20.5 Å². The third-order valence-corrected chi connectivity index (χ3v) is 3.42. The van der Waals surface area contributed by atoms with Gasteiger partial charge in [-0.25, -0.2) is 0 Å². The van der Waals surface area contributed by atoms with Crippen LogP contribution in [0.5, 0.6) is 0 Å². The second-order valence-corrected chi connectivity index (χ2v) is 5.39. The fraction of sp³-hybridized carbons (Fsp3) is 0.308. The van der Waals surface area contributed by atoms with Crippen LogP contribution in [-0.4, -0.2) is 15.2 Å². The van der Waals surface area contributed by atoms with Gasteiger partial charge in [0.15, 0.2) is 5.78 Å². The van der Waals surface area contributed by atoms with Crippen LogP contribution in [0.1, 0.15) is 23.0 Å². The molecule has 0 aliphatic heterocycles. The predicted octanol–water partition coefficient (Wildman–Crippen LogP) is 3.45. The predicted molar refractivity (Wildman–Crippen MR) is 70.4 cm³/mol.